The number of amides is 1. The van der Waals surface area contributed by atoms with Crippen LogP contribution in [0.1, 0.15) is 328 Å². The van der Waals surface area contributed by atoms with E-state index < -0.39 is 12.1 Å². The van der Waals surface area contributed by atoms with Crippen molar-refractivity contribution in [3.05, 3.63) is 36.5 Å². The maximum atomic E-state index is 12.5. The Hall–Kier alpha value is -1.92. The molecular weight excluding hydrogens is 851 g/mol. The van der Waals surface area contributed by atoms with Gasteiger partial charge in [0.2, 0.25) is 5.91 Å². The Bertz CT molecular complexity index is 1120. The van der Waals surface area contributed by atoms with E-state index in [0.29, 0.717) is 25.9 Å². The number of nitrogens with one attached hydrogen (secondary N) is 1. The molecule has 2 unspecified atom stereocenters. The van der Waals surface area contributed by atoms with Gasteiger partial charge in [-0.05, 0) is 83.5 Å². The predicted molar refractivity (Wildman–Crippen MR) is 301 cm³/mol. The standard InChI is InChI=1S/C63H119NO5/c1-3-5-7-9-11-13-15-17-19-20-21-22-23-24-25-28-31-35-39-43-47-51-55-61(66)60(59-65)64-62(67)56-52-48-44-40-36-32-29-26-30-34-38-42-46-50-54-58-69-63(68)57-53-49-45-41-37-33-27-18-16-14-12-10-8-6-4-2/h18,26-27,30,34,38,60-61,65-66H,3-17,19-25,28-29,31-33,35-37,39-59H2,1-2H3,(H,64,67)/b27-18-,30-26-,38-34-. The zero-order valence-electron chi connectivity index (χ0n) is 46.3. The van der Waals surface area contributed by atoms with Crippen LogP contribution < -0.4 is 5.32 Å². The van der Waals surface area contributed by atoms with Gasteiger partial charge in [-0.2, -0.15) is 0 Å². The molecule has 0 bridgehead atoms. The second kappa shape index (κ2) is 58.6. The van der Waals surface area contributed by atoms with Crippen LogP contribution in [-0.2, 0) is 14.3 Å². The van der Waals surface area contributed by atoms with Gasteiger partial charge in [0.1, 0.15) is 0 Å². The third-order valence-electron chi connectivity index (χ3n) is 14.2. The molecule has 0 fully saturated rings. The molecule has 406 valence electrons. The van der Waals surface area contributed by atoms with Crippen LogP contribution in [0.3, 0.4) is 0 Å². The smallest absolute Gasteiger partial charge is 0.305 e. The highest BCUT2D eigenvalue weighted by atomic mass is 16.5. The first-order valence-corrected chi connectivity index (χ1v) is 30.8. The summed E-state index contributed by atoms with van der Waals surface area (Å²) in [5.74, 6) is -0.0843. The lowest BCUT2D eigenvalue weighted by Gasteiger charge is -2.22. The summed E-state index contributed by atoms with van der Waals surface area (Å²) in [6.07, 6.45) is 72.9. The van der Waals surface area contributed by atoms with Gasteiger partial charge in [0.25, 0.3) is 0 Å². The van der Waals surface area contributed by atoms with E-state index in [1.807, 2.05) is 0 Å². The first-order chi connectivity index (χ1) is 34.0. The van der Waals surface area contributed by atoms with Gasteiger partial charge >= 0.3 is 5.97 Å². The average molecular weight is 971 g/mol. The Balaban J connectivity index is 3.51. The second-order valence-corrected chi connectivity index (χ2v) is 21.1. The number of allylic oxidation sites excluding steroid dienone is 6. The van der Waals surface area contributed by atoms with Gasteiger partial charge in [-0.3, -0.25) is 9.59 Å². The van der Waals surface area contributed by atoms with Crippen molar-refractivity contribution in [3.63, 3.8) is 0 Å². The molecule has 3 N–H and O–H groups in total. The van der Waals surface area contributed by atoms with Crippen LogP contribution in [0.5, 0.6) is 0 Å². The Morgan fingerprint density at radius 3 is 1.12 bits per heavy atom. The van der Waals surface area contributed by atoms with Crippen molar-refractivity contribution < 1.29 is 24.5 Å². The van der Waals surface area contributed by atoms with Crippen LogP contribution in [0.4, 0.5) is 0 Å². The Kier molecular flexibility index (Phi) is 57.0. The molecule has 6 heteroatoms. The highest BCUT2D eigenvalue weighted by Gasteiger charge is 2.20. The van der Waals surface area contributed by atoms with Gasteiger partial charge in [0, 0.05) is 12.8 Å². The first-order valence-electron chi connectivity index (χ1n) is 30.8. The van der Waals surface area contributed by atoms with Crippen LogP contribution >= 0.6 is 0 Å². The lowest BCUT2D eigenvalue weighted by Crippen LogP contribution is -2.45. The summed E-state index contributed by atoms with van der Waals surface area (Å²) in [4.78, 5) is 24.6. The summed E-state index contributed by atoms with van der Waals surface area (Å²) in [6.45, 7) is 4.91. The third-order valence-corrected chi connectivity index (χ3v) is 14.2. The third kappa shape index (κ3) is 55.2. The van der Waals surface area contributed by atoms with Crippen LogP contribution in [0.2, 0.25) is 0 Å². The van der Waals surface area contributed by atoms with Crippen LogP contribution in [0.15, 0.2) is 36.5 Å². The molecular formula is C63H119NO5. The first kappa shape index (κ1) is 67.1. The summed E-state index contributed by atoms with van der Waals surface area (Å²) < 4.78 is 5.45. The van der Waals surface area contributed by atoms with E-state index in [0.717, 1.165) is 77.0 Å². The van der Waals surface area contributed by atoms with Gasteiger partial charge in [-0.25, -0.2) is 0 Å². The molecule has 0 saturated heterocycles. The maximum Gasteiger partial charge on any atom is 0.305 e. The number of aliphatic hydroxyl groups is 2. The zero-order valence-corrected chi connectivity index (χ0v) is 46.3. The largest absolute Gasteiger partial charge is 0.466 e. The molecule has 0 aromatic heterocycles. The SMILES string of the molecule is CCCCCCCC/C=C\CCCCCCCC(=O)OCCCCC/C=C\C=C/CCCCCCCCC(=O)NC(CO)C(O)CCCCCCCCCCCCCCCCCCCCCCCC. The van der Waals surface area contributed by atoms with Crippen molar-refractivity contribution in [1.82, 2.24) is 5.32 Å². The summed E-state index contributed by atoms with van der Waals surface area (Å²) in [5, 5.41) is 23.3. The van der Waals surface area contributed by atoms with Crippen molar-refractivity contribution in [1.29, 1.82) is 0 Å². The fourth-order valence-corrected chi connectivity index (χ4v) is 9.45. The number of rotatable bonds is 57. The minimum atomic E-state index is -0.680. The van der Waals surface area contributed by atoms with Crippen LogP contribution in [0, 0.1) is 0 Å². The van der Waals surface area contributed by atoms with E-state index in [4.69, 9.17) is 4.74 Å². The van der Waals surface area contributed by atoms with Crippen molar-refractivity contribution in [3.8, 4) is 0 Å². The fraction of sp³-hybridized carbons (Fsp3) is 0.873. The molecule has 0 aliphatic heterocycles. The minimum Gasteiger partial charge on any atom is -0.466 e. The number of aliphatic hydroxyl groups excluding tert-OH is 2. The molecule has 0 radical (unpaired) electrons. The minimum absolute atomic E-state index is 0.0291. The number of carbonyl (C=O) groups excluding carboxylic acids is 2. The predicted octanol–water partition coefficient (Wildman–Crippen LogP) is 19.2. The van der Waals surface area contributed by atoms with E-state index in [9.17, 15) is 19.8 Å². The number of esters is 1. The van der Waals surface area contributed by atoms with Crippen molar-refractivity contribution in [2.24, 2.45) is 0 Å². The summed E-state index contributed by atoms with van der Waals surface area (Å²) in [7, 11) is 0. The Morgan fingerprint density at radius 2 is 0.725 bits per heavy atom. The topological polar surface area (TPSA) is 95.9 Å². The lowest BCUT2D eigenvalue weighted by atomic mass is 10.0. The van der Waals surface area contributed by atoms with Crippen molar-refractivity contribution in [2.75, 3.05) is 13.2 Å². The van der Waals surface area contributed by atoms with E-state index in [2.05, 4.69) is 55.6 Å². The molecule has 0 aromatic rings. The number of hydrogen-bond donors (Lipinski definition) is 3. The van der Waals surface area contributed by atoms with Crippen molar-refractivity contribution in [2.45, 2.75) is 341 Å². The number of ether oxygens (including phenoxy) is 1. The summed E-state index contributed by atoms with van der Waals surface area (Å²) >= 11 is 0. The summed E-state index contributed by atoms with van der Waals surface area (Å²) in [6, 6.07) is -0.560. The fourth-order valence-electron chi connectivity index (χ4n) is 9.45. The monoisotopic (exact) mass is 970 g/mol. The highest BCUT2D eigenvalue weighted by Crippen LogP contribution is 2.17. The number of hydrogen-bond acceptors (Lipinski definition) is 5. The molecule has 0 aliphatic rings. The van der Waals surface area contributed by atoms with E-state index in [1.165, 1.54) is 218 Å². The highest BCUT2D eigenvalue weighted by molar-refractivity contribution is 5.76. The molecule has 0 spiro atoms. The van der Waals surface area contributed by atoms with E-state index in [-0.39, 0.29) is 18.5 Å². The number of carbonyl (C=O) groups is 2. The van der Waals surface area contributed by atoms with Crippen molar-refractivity contribution >= 4 is 11.9 Å². The van der Waals surface area contributed by atoms with Crippen LogP contribution in [0.25, 0.3) is 0 Å². The molecule has 0 aromatic carbocycles. The van der Waals surface area contributed by atoms with Gasteiger partial charge in [0.05, 0.1) is 25.4 Å². The zero-order chi connectivity index (χ0) is 50.0. The second-order valence-electron chi connectivity index (χ2n) is 21.1. The van der Waals surface area contributed by atoms with Crippen LogP contribution in [-0.4, -0.2) is 47.4 Å². The molecule has 0 heterocycles. The molecule has 2 atom stereocenters. The van der Waals surface area contributed by atoms with E-state index in [1.54, 1.807) is 0 Å². The molecule has 6 nitrogen and oxygen atoms in total. The lowest BCUT2D eigenvalue weighted by molar-refractivity contribution is -0.143. The normalized spacial score (nSPS) is 12.8. The summed E-state index contributed by atoms with van der Waals surface area (Å²) in [5.41, 5.74) is 0. The molecule has 0 saturated carbocycles. The quantitative estimate of drug-likeness (QED) is 0.0244. The molecule has 69 heavy (non-hydrogen) atoms. The Morgan fingerprint density at radius 1 is 0.406 bits per heavy atom. The van der Waals surface area contributed by atoms with Gasteiger partial charge in [-0.15, -0.1) is 0 Å². The van der Waals surface area contributed by atoms with Gasteiger partial charge < -0.3 is 20.3 Å². The Labute approximate surface area is 430 Å². The molecule has 0 rings (SSSR count). The maximum absolute atomic E-state index is 12.5. The molecule has 0 aliphatic carbocycles. The van der Waals surface area contributed by atoms with Gasteiger partial charge in [-0.1, -0.05) is 269 Å². The number of unbranched alkanes of at least 4 members (excludes halogenated alkanes) is 41. The average Bonchev–Trinajstić information content (AvgIpc) is 3.35. The molecule has 1 amide bonds. The van der Waals surface area contributed by atoms with E-state index >= 15 is 0 Å². The van der Waals surface area contributed by atoms with Gasteiger partial charge in [0.15, 0.2) is 0 Å².